The number of benzene rings is 1. The third-order valence-electron chi connectivity index (χ3n) is 3.36. The summed E-state index contributed by atoms with van der Waals surface area (Å²) in [4.78, 5) is 11.8. The highest BCUT2D eigenvalue weighted by Crippen LogP contribution is 2.23. The second kappa shape index (κ2) is 7.46. The van der Waals surface area contributed by atoms with Crippen LogP contribution in [0.3, 0.4) is 0 Å². The molecule has 0 bridgehead atoms. The van der Waals surface area contributed by atoms with Crippen LogP contribution in [0.2, 0.25) is 0 Å². The third kappa shape index (κ3) is 6.63. The molecule has 0 aliphatic heterocycles. The molecule has 1 aromatic carbocycles. The molecule has 4 heteroatoms. The van der Waals surface area contributed by atoms with Gasteiger partial charge in [0, 0.05) is 12.2 Å². The molecule has 0 heterocycles. The van der Waals surface area contributed by atoms with Crippen LogP contribution in [0.1, 0.15) is 46.6 Å². The van der Waals surface area contributed by atoms with Crippen molar-refractivity contribution in [2.45, 2.75) is 52.6 Å². The first-order valence-corrected chi connectivity index (χ1v) is 7.52. The summed E-state index contributed by atoms with van der Waals surface area (Å²) in [6, 6.07) is 7.69. The van der Waals surface area contributed by atoms with Crippen LogP contribution in [0.15, 0.2) is 24.3 Å². The van der Waals surface area contributed by atoms with Gasteiger partial charge < -0.3 is 15.7 Å². The van der Waals surface area contributed by atoms with Gasteiger partial charge in [0.05, 0.1) is 6.10 Å². The number of carbonyl (C=O) groups is 1. The Balaban J connectivity index is 2.45. The molecular formula is C17H28N2O2. The van der Waals surface area contributed by atoms with Crippen LogP contribution in [0, 0.1) is 5.92 Å². The van der Waals surface area contributed by atoms with Gasteiger partial charge in [0.2, 0.25) is 0 Å². The maximum atomic E-state index is 11.8. The fourth-order valence-electron chi connectivity index (χ4n) is 2.16. The highest BCUT2D eigenvalue weighted by Gasteiger charge is 2.13. The van der Waals surface area contributed by atoms with Crippen molar-refractivity contribution in [3.63, 3.8) is 0 Å². The number of hydrogen-bond donors (Lipinski definition) is 3. The fraction of sp³-hybridized carbons (Fsp3) is 0.588. The van der Waals surface area contributed by atoms with Gasteiger partial charge in [-0.15, -0.1) is 0 Å². The molecular weight excluding hydrogens is 264 g/mol. The first-order valence-electron chi connectivity index (χ1n) is 7.52. The van der Waals surface area contributed by atoms with Gasteiger partial charge >= 0.3 is 6.03 Å². The zero-order valence-electron chi connectivity index (χ0n) is 13.7. The summed E-state index contributed by atoms with van der Waals surface area (Å²) in [5.74, 6) is 0.249. The van der Waals surface area contributed by atoms with E-state index in [1.54, 1.807) is 6.92 Å². The van der Waals surface area contributed by atoms with Gasteiger partial charge in [-0.2, -0.15) is 0 Å². The molecule has 0 saturated heterocycles. The van der Waals surface area contributed by atoms with Crippen molar-refractivity contribution in [1.29, 1.82) is 0 Å². The van der Waals surface area contributed by atoms with Gasteiger partial charge in [-0.3, -0.25) is 0 Å². The molecule has 0 spiro atoms. The SMILES string of the molecule is CC(O)CC(C)CNC(=O)Nc1ccc(C(C)(C)C)cc1. The Kier molecular flexibility index (Phi) is 6.21. The molecule has 3 N–H and O–H groups in total. The number of rotatable bonds is 5. The van der Waals surface area contributed by atoms with E-state index in [1.165, 1.54) is 5.56 Å². The van der Waals surface area contributed by atoms with Gasteiger partial charge in [0.15, 0.2) is 0 Å². The quantitative estimate of drug-likeness (QED) is 0.777. The van der Waals surface area contributed by atoms with Crippen molar-refractivity contribution in [2.75, 3.05) is 11.9 Å². The lowest BCUT2D eigenvalue weighted by atomic mass is 9.87. The van der Waals surface area contributed by atoms with Gasteiger partial charge in [-0.05, 0) is 42.4 Å². The lowest BCUT2D eigenvalue weighted by molar-refractivity contribution is 0.163. The van der Waals surface area contributed by atoms with Crippen molar-refractivity contribution >= 4 is 11.7 Å². The van der Waals surface area contributed by atoms with E-state index in [0.29, 0.717) is 13.0 Å². The number of hydrogen-bond acceptors (Lipinski definition) is 2. The molecule has 0 fully saturated rings. The Morgan fingerprint density at radius 3 is 2.24 bits per heavy atom. The summed E-state index contributed by atoms with van der Waals surface area (Å²) < 4.78 is 0. The number of carbonyl (C=O) groups excluding carboxylic acids is 1. The van der Waals surface area contributed by atoms with Crippen molar-refractivity contribution in [2.24, 2.45) is 5.92 Å². The van der Waals surface area contributed by atoms with Crippen LogP contribution in [-0.2, 0) is 5.41 Å². The fourth-order valence-corrected chi connectivity index (χ4v) is 2.16. The Bertz CT molecular complexity index is 447. The summed E-state index contributed by atoms with van der Waals surface area (Å²) in [6.07, 6.45) is 0.343. The minimum atomic E-state index is -0.338. The molecule has 1 rings (SSSR count). The van der Waals surface area contributed by atoms with E-state index < -0.39 is 0 Å². The molecule has 118 valence electrons. The summed E-state index contributed by atoms with van der Waals surface area (Å²) in [7, 11) is 0. The van der Waals surface area contributed by atoms with Gasteiger partial charge in [0.25, 0.3) is 0 Å². The highest BCUT2D eigenvalue weighted by atomic mass is 16.3. The maximum absolute atomic E-state index is 11.8. The van der Waals surface area contributed by atoms with E-state index in [-0.39, 0.29) is 23.5 Å². The summed E-state index contributed by atoms with van der Waals surface area (Å²) in [6.45, 7) is 10.8. The van der Waals surface area contributed by atoms with E-state index in [1.807, 2.05) is 31.2 Å². The second-order valence-corrected chi connectivity index (χ2v) is 6.85. The first kappa shape index (κ1) is 17.5. The van der Waals surface area contributed by atoms with Crippen molar-refractivity contribution < 1.29 is 9.90 Å². The highest BCUT2D eigenvalue weighted by molar-refractivity contribution is 5.89. The summed E-state index contributed by atoms with van der Waals surface area (Å²) in [5, 5.41) is 14.9. The molecule has 2 atom stereocenters. The topological polar surface area (TPSA) is 61.4 Å². The molecule has 2 amide bonds. The lowest BCUT2D eigenvalue weighted by Gasteiger charge is -2.19. The predicted octanol–water partition coefficient (Wildman–Crippen LogP) is 3.51. The van der Waals surface area contributed by atoms with Crippen molar-refractivity contribution in [1.82, 2.24) is 5.32 Å². The number of aliphatic hydroxyl groups excluding tert-OH is 1. The van der Waals surface area contributed by atoms with Crippen molar-refractivity contribution in [3.05, 3.63) is 29.8 Å². The van der Waals surface area contributed by atoms with Gasteiger partial charge in [-0.1, -0.05) is 39.8 Å². The lowest BCUT2D eigenvalue weighted by Crippen LogP contribution is -2.33. The van der Waals surface area contributed by atoms with E-state index >= 15 is 0 Å². The normalized spacial score (nSPS) is 14.4. The summed E-state index contributed by atoms with van der Waals surface area (Å²) in [5.41, 5.74) is 2.12. The third-order valence-corrected chi connectivity index (χ3v) is 3.36. The van der Waals surface area contributed by atoms with Gasteiger partial charge in [-0.25, -0.2) is 4.79 Å². The van der Waals surface area contributed by atoms with Crippen LogP contribution in [0.4, 0.5) is 10.5 Å². The Hall–Kier alpha value is -1.55. The molecule has 1 aromatic rings. The number of amides is 2. The molecule has 0 radical (unpaired) electrons. The summed E-state index contributed by atoms with van der Waals surface area (Å²) >= 11 is 0. The predicted molar refractivity (Wildman–Crippen MR) is 87.6 cm³/mol. The zero-order valence-corrected chi connectivity index (χ0v) is 13.7. The minimum absolute atomic E-state index is 0.108. The molecule has 21 heavy (non-hydrogen) atoms. The Morgan fingerprint density at radius 1 is 1.19 bits per heavy atom. The second-order valence-electron chi connectivity index (χ2n) is 6.85. The van der Waals surface area contributed by atoms with Gasteiger partial charge in [0.1, 0.15) is 0 Å². The molecule has 0 aliphatic carbocycles. The number of nitrogens with one attached hydrogen (secondary N) is 2. The number of urea groups is 1. The molecule has 0 saturated carbocycles. The molecule has 0 aromatic heterocycles. The van der Waals surface area contributed by atoms with Crippen molar-refractivity contribution in [3.8, 4) is 0 Å². The maximum Gasteiger partial charge on any atom is 0.319 e. The zero-order chi connectivity index (χ0) is 16.0. The van der Waals surface area contributed by atoms with E-state index in [9.17, 15) is 9.90 Å². The van der Waals surface area contributed by atoms with Crippen LogP contribution < -0.4 is 10.6 Å². The van der Waals surface area contributed by atoms with Crippen LogP contribution in [-0.4, -0.2) is 23.8 Å². The van der Waals surface area contributed by atoms with Crippen LogP contribution in [0.5, 0.6) is 0 Å². The molecule has 0 aliphatic rings. The average Bonchev–Trinajstić information content (AvgIpc) is 2.35. The minimum Gasteiger partial charge on any atom is -0.393 e. The van der Waals surface area contributed by atoms with E-state index in [2.05, 4.69) is 31.4 Å². The average molecular weight is 292 g/mol. The smallest absolute Gasteiger partial charge is 0.319 e. The Morgan fingerprint density at radius 2 is 1.76 bits per heavy atom. The van der Waals surface area contributed by atoms with E-state index in [0.717, 1.165) is 5.69 Å². The first-order chi connectivity index (χ1) is 9.68. The molecule has 4 nitrogen and oxygen atoms in total. The largest absolute Gasteiger partial charge is 0.393 e. The van der Waals surface area contributed by atoms with Crippen LogP contribution in [0.25, 0.3) is 0 Å². The Labute approximate surface area is 128 Å². The monoisotopic (exact) mass is 292 g/mol. The van der Waals surface area contributed by atoms with Crippen LogP contribution >= 0.6 is 0 Å². The van der Waals surface area contributed by atoms with E-state index in [4.69, 9.17) is 0 Å². The standard InChI is InChI=1S/C17H28N2O2/c1-12(10-13(2)20)11-18-16(21)19-15-8-6-14(7-9-15)17(3,4)5/h6-9,12-13,20H,10-11H2,1-5H3,(H2,18,19,21). The molecule has 2 unspecified atom stereocenters. The number of aliphatic hydroxyl groups is 1. The number of anilines is 1.